The first-order valence-electron chi connectivity index (χ1n) is 10.4. The fourth-order valence-corrected chi connectivity index (χ4v) is 4.12. The molecule has 0 spiro atoms. The van der Waals surface area contributed by atoms with Crippen LogP contribution in [-0.2, 0) is 10.6 Å². The normalized spacial score (nSPS) is 15.2. The number of aromatic nitrogens is 2. The molecule has 1 aromatic heterocycles. The van der Waals surface area contributed by atoms with Gasteiger partial charge in [-0.3, -0.25) is 0 Å². The zero-order valence-corrected chi connectivity index (χ0v) is 27.0. The molecular formula is C26H27CsFN3O3S. The summed E-state index contributed by atoms with van der Waals surface area (Å²) in [6, 6.07) is 12.6. The summed E-state index contributed by atoms with van der Waals surface area (Å²) in [6.45, 7) is 4.83. The third kappa shape index (κ3) is 8.42. The molecule has 4 rings (SSSR count). The van der Waals surface area contributed by atoms with Gasteiger partial charge in [-0.1, -0.05) is 42.3 Å². The van der Waals surface area contributed by atoms with Crippen LogP contribution in [0.15, 0.2) is 61.4 Å². The fourth-order valence-electron chi connectivity index (χ4n) is 3.47. The molecule has 1 saturated heterocycles. The first-order chi connectivity index (χ1) is 16.0. The largest absolute Gasteiger partial charge is 1.00 e. The molecule has 1 fully saturated rings. The van der Waals surface area contributed by atoms with Gasteiger partial charge in [0.15, 0.2) is 17.0 Å². The number of hydrogen-bond acceptors (Lipinski definition) is 6. The predicted molar refractivity (Wildman–Crippen MR) is 135 cm³/mol. The molecule has 35 heavy (non-hydrogen) atoms. The Morgan fingerprint density at radius 2 is 2.09 bits per heavy atom. The van der Waals surface area contributed by atoms with E-state index in [1.54, 1.807) is 35.2 Å². The second-order valence-electron chi connectivity index (χ2n) is 7.56. The van der Waals surface area contributed by atoms with Crippen molar-refractivity contribution in [3.05, 3.63) is 86.1 Å². The van der Waals surface area contributed by atoms with Crippen molar-refractivity contribution in [2.24, 2.45) is 0 Å². The Morgan fingerprint density at radius 3 is 2.74 bits per heavy atom. The van der Waals surface area contributed by atoms with Crippen molar-refractivity contribution in [2.45, 2.75) is 23.8 Å². The average Bonchev–Trinajstić information content (AvgIpc) is 3.49. The summed E-state index contributed by atoms with van der Waals surface area (Å²) in [5.41, 5.74) is 1.80. The summed E-state index contributed by atoms with van der Waals surface area (Å²) in [7, 11) is 0. The van der Waals surface area contributed by atoms with Gasteiger partial charge in [-0.25, -0.2) is 9.37 Å². The molecule has 0 bridgehead atoms. The van der Waals surface area contributed by atoms with E-state index in [2.05, 4.69) is 28.7 Å². The molecule has 1 unspecified atom stereocenters. The number of rotatable bonds is 7. The van der Waals surface area contributed by atoms with Gasteiger partial charge in [0.2, 0.25) is 0 Å². The molecule has 0 aliphatic carbocycles. The molecule has 0 saturated carbocycles. The monoisotopic (exact) mass is 613 g/mol. The SMILES string of the molecule is C=C(O)c1nccn1CSC(O)C#Cc1ccc(-c2ccc(N[C@@H]3CCOC3)cc2F)cc1.[CH3-].[Cs+]. The standard InChI is InChI=1S/C25H24FN3O3S.CH3.Cs/c1-17(30)25-27-11-12-29(25)16-33-24(31)9-4-18-2-5-19(6-3-18)22-8-7-20(14-23(22)26)28-21-10-13-32-15-21;;/h2-3,5-8,11-12,14,21,24,28,30-31H,1,10,13,15-16H2;1H3;/q;-1;+1/t21-,24?;;/m1../s1. The third-order valence-corrected chi connectivity index (χ3v) is 6.01. The van der Waals surface area contributed by atoms with Crippen molar-refractivity contribution in [3.8, 4) is 23.0 Å². The number of imidazole rings is 1. The molecule has 2 heterocycles. The van der Waals surface area contributed by atoms with Crippen molar-refractivity contribution < 1.29 is 88.2 Å². The average molecular weight is 613 g/mol. The van der Waals surface area contributed by atoms with Gasteiger partial charge in [-0.05, 0) is 42.3 Å². The third-order valence-electron chi connectivity index (χ3n) is 5.15. The molecule has 2 atom stereocenters. The Labute approximate surface area is 268 Å². The molecule has 1 aliphatic heterocycles. The number of benzene rings is 2. The zero-order chi connectivity index (χ0) is 23.2. The minimum absolute atomic E-state index is 0. The maximum Gasteiger partial charge on any atom is 1.00 e. The van der Waals surface area contributed by atoms with E-state index in [1.165, 1.54) is 17.8 Å². The Kier molecular flexibility index (Phi) is 12.5. The molecule has 9 heteroatoms. The van der Waals surface area contributed by atoms with E-state index in [1.807, 2.05) is 18.2 Å². The van der Waals surface area contributed by atoms with Gasteiger partial charge in [-0.2, -0.15) is 0 Å². The van der Waals surface area contributed by atoms with Crippen LogP contribution in [0.5, 0.6) is 0 Å². The van der Waals surface area contributed by atoms with Crippen molar-refractivity contribution in [1.29, 1.82) is 0 Å². The summed E-state index contributed by atoms with van der Waals surface area (Å²) in [4.78, 5) is 4.00. The maximum atomic E-state index is 14.7. The summed E-state index contributed by atoms with van der Waals surface area (Å²) in [5.74, 6) is 5.99. The second-order valence-corrected chi connectivity index (χ2v) is 8.60. The molecular weight excluding hydrogens is 586 g/mol. The minimum Gasteiger partial charge on any atom is -0.505 e. The maximum absolute atomic E-state index is 14.7. The van der Waals surface area contributed by atoms with Crippen LogP contribution in [-0.4, -0.2) is 44.5 Å². The molecule has 3 aromatic rings. The molecule has 0 amide bonds. The van der Waals surface area contributed by atoms with Gasteiger partial charge in [0.05, 0.1) is 18.5 Å². The number of aliphatic hydroxyl groups is 2. The van der Waals surface area contributed by atoms with E-state index in [-0.39, 0.29) is 93.9 Å². The van der Waals surface area contributed by atoms with Gasteiger partial charge in [0.25, 0.3) is 0 Å². The Balaban J connectivity index is 0.00000216. The van der Waals surface area contributed by atoms with E-state index >= 15 is 0 Å². The van der Waals surface area contributed by atoms with Crippen molar-refractivity contribution in [1.82, 2.24) is 9.55 Å². The van der Waals surface area contributed by atoms with Gasteiger partial charge >= 0.3 is 68.9 Å². The second kappa shape index (κ2) is 14.5. The van der Waals surface area contributed by atoms with Crippen LogP contribution in [0, 0.1) is 25.1 Å². The number of halogens is 1. The Hall–Kier alpha value is -1.20. The molecule has 3 N–H and O–H groups in total. The fraction of sp³-hybridized carbons (Fsp3) is 0.231. The van der Waals surface area contributed by atoms with E-state index in [0.717, 1.165) is 24.3 Å². The predicted octanol–water partition coefficient (Wildman–Crippen LogP) is 1.93. The van der Waals surface area contributed by atoms with Gasteiger partial charge in [0.1, 0.15) is 5.82 Å². The number of aliphatic hydroxyl groups excluding tert-OH is 2. The molecule has 178 valence electrons. The number of hydrogen-bond donors (Lipinski definition) is 3. The van der Waals surface area contributed by atoms with E-state index in [0.29, 0.717) is 29.4 Å². The molecule has 0 radical (unpaired) electrons. The van der Waals surface area contributed by atoms with Crippen LogP contribution in [0.3, 0.4) is 0 Å². The summed E-state index contributed by atoms with van der Waals surface area (Å²) in [6.07, 6.45) is 4.16. The van der Waals surface area contributed by atoms with Crippen LogP contribution in [0.4, 0.5) is 10.1 Å². The minimum atomic E-state index is -0.922. The van der Waals surface area contributed by atoms with Gasteiger partial charge in [-0.15, -0.1) is 0 Å². The number of thioether (sulfide) groups is 1. The zero-order valence-electron chi connectivity index (χ0n) is 19.9. The summed E-state index contributed by atoms with van der Waals surface area (Å²) >= 11 is 1.19. The smallest absolute Gasteiger partial charge is 0.505 e. The van der Waals surface area contributed by atoms with Gasteiger partial charge < -0.3 is 32.3 Å². The first-order valence-corrected chi connectivity index (χ1v) is 11.5. The Morgan fingerprint density at radius 1 is 1.31 bits per heavy atom. The van der Waals surface area contributed by atoms with Crippen molar-refractivity contribution in [2.75, 3.05) is 18.5 Å². The van der Waals surface area contributed by atoms with E-state index in [4.69, 9.17) is 4.74 Å². The number of nitrogens with one attached hydrogen (secondary N) is 1. The van der Waals surface area contributed by atoms with Crippen LogP contribution in [0.2, 0.25) is 0 Å². The number of ether oxygens (including phenoxy) is 1. The quantitative estimate of drug-likeness (QED) is 0.164. The van der Waals surface area contributed by atoms with E-state index < -0.39 is 5.44 Å². The molecule has 6 nitrogen and oxygen atoms in total. The van der Waals surface area contributed by atoms with E-state index in [9.17, 15) is 14.6 Å². The van der Waals surface area contributed by atoms with Gasteiger partial charge in [0, 0.05) is 35.8 Å². The van der Waals surface area contributed by atoms with Crippen molar-refractivity contribution >= 4 is 23.2 Å². The molecule has 2 aromatic carbocycles. The number of nitrogens with zero attached hydrogens (tertiary/aromatic N) is 2. The first kappa shape index (κ1) is 30.0. The van der Waals surface area contributed by atoms with Crippen LogP contribution in [0.25, 0.3) is 16.9 Å². The molecule has 1 aliphatic rings. The van der Waals surface area contributed by atoms with Crippen LogP contribution in [0.1, 0.15) is 17.8 Å². The van der Waals surface area contributed by atoms with Crippen molar-refractivity contribution in [3.63, 3.8) is 0 Å². The Bertz CT molecular complexity index is 1180. The van der Waals surface area contributed by atoms with Crippen LogP contribution >= 0.6 is 11.8 Å². The van der Waals surface area contributed by atoms with Crippen LogP contribution < -0.4 is 74.2 Å². The topological polar surface area (TPSA) is 79.5 Å². The summed E-state index contributed by atoms with van der Waals surface area (Å²) < 4.78 is 21.7. The number of anilines is 1. The summed E-state index contributed by atoms with van der Waals surface area (Å²) in [5, 5.41) is 22.9.